The number of rotatable bonds is 9. The molecule has 0 aromatic heterocycles. The van der Waals surface area contributed by atoms with Crippen molar-refractivity contribution in [3.63, 3.8) is 0 Å². The number of methoxy groups -OCH3 is 1. The summed E-state index contributed by atoms with van der Waals surface area (Å²) in [5, 5.41) is 2.97. The lowest BCUT2D eigenvalue weighted by Gasteiger charge is -2.19. The highest BCUT2D eigenvalue weighted by Crippen LogP contribution is 2.25. The number of carbonyl (C=O) groups is 1. The molecular weight excluding hydrogens is 424 g/mol. The molecule has 0 radical (unpaired) electrons. The Morgan fingerprint density at radius 3 is 2.53 bits per heavy atom. The predicted octanol–water partition coefficient (Wildman–Crippen LogP) is 4.44. The molecule has 0 bridgehead atoms. The van der Waals surface area contributed by atoms with E-state index in [4.69, 9.17) is 4.74 Å². The fraction of sp³-hybridized carbons (Fsp3) is 0.400. The summed E-state index contributed by atoms with van der Waals surface area (Å²) in [4.78, 5) is 12.9. The van der Waals surface area contributed by atoms with Crippen LogP contribution in [0.1, 0.15) is 53.6 Å². The van der Waals surface area contributed by atoms with E-state index < -0.39 is 10.0 Å². The third-order valence-electron chi connectivity index (χ3n) is 5.78. The van der Waals surface area contributed by atoms with Crippen LogP contribution < -0.4 is 10.1 Å². The summed E-state index contributed by atoms with van der Waals surface area (Å²) in [6.45, 7) is 2.59. The van der Waals surface area contributed by atoms with Gasteiger partial charge in [0.1, 0.15) is 5.75 Å². The summed E-state index contributed by atoms with van der Waals surface area (Å²) in [5.74, 6) is 0.370. The van der Waals surface area contributed by atoms with Gasteiger partial charge < -0.3 is 10.1 Å². The fourth-order valence-electron chi connectivity index (χ4n) is 3.83. The van der Waals surface area contributed by atoms with Gasteiger partial charge in [-0.05, 0) is 69.4 Å². The lowest BCUT2D eigenvalue weighted by Crippen LogP contribution is -2.27. The zero-order valence-corrected chi connectivity index (χ0v) is 19.9. The molecule has 0 heterocycles. The zero-order chi connectivity index (χ0) is 23.1. The standard InChI is InChI=1S/C25H32N2O4S/c1-19-9-12-23(13-10-19)32(29,30)27(2)18-22-17-21(11-14-24(22)31-3)25(28)26-16-15-20-7-5-4-6-8-20/h7,9-14,17H,4-6,8,15-16,18H2,1-3H3,(H,26,28). The van der Waals surface area contributed by atoms with Gasteiger partial charge in [0, 0.05) is 31.3 Å². The van der Waals surface area contributed by atoms with Crippen LogP contribution in [0.5, 0.6) is 5.75 Å². The maximum absolute atomic E-state index is 13.0. The van der Waals surface area contributed by atoms with E-state index >= 15 is 0 Å². The highest BCUT2D eigenvalue weighted by Gasteiger charge is 2.22. The lowest BCUT2D eigenvalue weighted by atomic mass is 9.97. The van der Waals surface area contributed by atoms with Crippen LogP contribution in [0.2, 0.25) is 0 Å². The van der Waals surface area contributed by atoms with Crippen LogP contribution in [0.25, 0.3) is 0 Å². The number of allylic oxidation sites excluding steroid dienone is 1. The molecule has 1 aliphatic rings. The minimum absolute atomic E-state index is 0.0907. The number of benzene rings is 2. The molecule has 1 amide bonds. The second-order valence-electron chi connectivity index (χ2n) is 8.21. The average Bonchev–Trinajstić information content (AvgIpc) is 2.80. The van der Waals surface area contributed by atoms with Crippen molar-refractivity contribution >= 4 is 15.9 Å². The molecule has 2 aromatic carbocycles. The van der Waals surface area contributed by atoms with Crippen LogP contribution in [0.15, 0.2) is 59.0 Å². The van der Waals surface area contributed by atoms with Crippen molar-refractivity contribution in [2.24, 2.45) is 0 Å². The van der Waals surface area contributed by atoms with Crippen molar-refractivity contribution in [1.29, 1.82) is 0 Å². The van der Waals surface area contributed by atoms with Crippen LogP contribution in [0.3, 0.4) is 0 Å². The van der Waals surface area contributed by atoms with Gasteiger partial charge in [0.15, 0.2) is 0 Å². The highest BCUT2D eigenvalue weighted by molar-refractivity contribution is 7.89. The molecule has 0 atom stereocenters. The summed E-state index contributed by atoms with van der Waals surface area (Å²) in [6.07, 6.45) is 7.87. The molecule has 0 spiro atoms. The summed E-state index contributed by atoms with van der Waals surface area (Å²) in [5.41, 5.74) is 3.52. The zero-order valence-electron chi connectivity index (χ0n) is 19.1. The highest BCUT2D eigenvalue weighted by atomic mass is 32.2. The average molecular weight is 457 g/mol. The van der Waals surface area contributed by atoms with Gasteiger partial charge >= 0.3 is 0 Å². The first-order valence-electron chi connectivity index (χ1n) is 11.0. The minimum Gasteiger partial charge on any atom is -0.496 e. The normalized spacial score (nSPS) is 14.2. The molecule has 0 fully saturated rings. The molecule has 3 rings (SSSR count). The van der Waals surface area contributed by atoms with E-state index in [1.807, 2.05) is 6.92 Å². The Balaban J connectivity index is 1.70. The Labute approximate surface area is 191 Å². The van der Waals surface area contributed by atoms with E-state index in [1.54, 1.807) is 42.5 Å². The number of amides is 1. The van der Waals surface area contributed by atoms with Gasteiger partial charge in [-0.15, -0.1) is 0 Å². The number of aryl methyl sites for hydroxylation is 1. The number of nitrogens with zero attached hydrogens (tertiary/aromatic N) is 1. The van der Waals surface area contributed by atoms with Gasteiger partial charge in [-0.25, -0.2) is 8.42 Å². The van der Waals surface area contributed by atoms with E-state index in [0.29, 0.717) is 23.4 Å². The number of ether oxygens (including phenoxy) is 1. The predicted molar refractivity (Wildman–Crippen MR) is 126 cm³/mol. The van der Waals surface area contributed by atoms with Crippen molar-refractivity contribution < 1.29 is 17.9 Å². The van der Waals surface area contributed by atoms with Crippen molar-refractivity contribution in [3.8, 4) is 5.75 Å². The maximum atomic E-state index is 13.0. The first-order valence-corrected chi connectivity index (χ1v) is 12.4. The molecule has 2 aromatic rings. The molecule has 32 heavy (non-hydrogen) atoms. The van der Waals surface area contributed by atoms with E-state index in [9.17, 15) is 13.2 Å². The van der Waals surface area contributed by atoms with Crippen molar-refractivity contribution in [3.05, 3.63) is 70.8 Å². The van der Waals surface area contributed by atoms with E-state index in [-0.39, 0.29) is 17.3 Å². The van der Waals surface area contributed by atoms with Crippen molar-refractivity contribution in [2.45, 2.75) is 50.5 Å². The number of hydrogen-bond acceptors (Lipinski definition) is 4. The van der Waals surface area contributed by atoms with Gasteiger partial charge in [-0.3, -0.25) is 4.79 Å². The van der Waals surface area contributed by atoms with E-state index in [2.05, 4.69) is 11.4 Å². The van der Waals surface area contributed by atoms with Gasteiger partial charge in [0.2, 0.25) is 10.0 Å². The van der Waals surface area contributed by atoms with Gasteiger partial charge in [0.25, 0.3) is 5.91 Å². The second-order valence-corrected chi connectivity index (χ2v) is 10.3. The number of nitrogens with one attached hydrogen (secondary N) is 1. The largest absolute Gasteiger partial charge is 0.496 e. The third-order valence-corrected chi connectivity index (χ3v) is 7.60. The van der Waals surface area contributed by atoms with Crippen molar-refractivity contribution in [1.82, 2.24) is 9.62 Å². The van der Waals surface area contributed by atoms with Gasteiger partial charge in [-0.1, -0.05) is 29.3 Å². The Hall–Kier alpha value is -2.64. The Kier molecular flexibility index (Phi) is 8.10. The summed E-state index contributed by atoms with van der Waals surface area (Å²) >= 11 is 0. The quantitative estimate of drug-likeness (QED) is 0.566. The van der Waals surface area contributed by atoms with Crippen LogP contribution in [-0.2, 0) is 16.6 Å². The fourth-order valence-corrected chi connectivity index (χ4v) is 4.98. The smallest absolute Gasteiger partial charge is 0.251 e. The molecule has 7 heteroatoms. The molecule has 172 valence electrons. The molecular formula is C25H32N2O4S. The molecule has 0 aliphatic heterocycles. The Morgan fingerprint density at radius 2 is 1.88 bits per heavy atom. The Bertz CT molecular complexity index is 1080. The molecule has 1 aliphatic carbocycles. The van der Waals surface area contributed by atoms with E-state index in [0.717, 1.165) is 24.8 Å². The van der Waals surface area contributed by atoms with Crippen LogP contribution >= 0.6 is 0 Å². The van der Waals surface area contributed by atoms with Crippen LogP contribution in [0, 0.1) is 6.92 Å². The number of sulfonamides is 1. The minimum atomic E-state index is -3.67. The van der Waals surface area contributed by atoms with Gasteiger partial charge in [0.05, 0.1) is 12.0 Å². The Morgan fingerprint density at radius 1 is 1.12 bits per heavy atom. The molecule has 0 saturated carbocycles. The summed E-state index contributed by atoms with van der Waals surface area (Å²) in [7, 11) is -0.608. The maximum Gasteiger partial charge on any atom is 0.251 e. The second kappa shape index (κ2) is 10.8. The molecule has 0 unspecified atom stereocenters. The van der Waals surface area contributed by atoms with Crippen LogP contribution in [0.4, 0.5) is 0 Å². The van der Waals surface area contributed by atoms with Crippen LogP contribution in [-0.4, -0.2) is 39.3 Å². The SMILES string of the molecule is COc1ccc(C(=O)NCCC2=CCCCC2)cc1CN(C)S(=O)(=O)c1ccc(C)cc1. The third kappa shape index (κ3) is 5.99. The monoisotopic (exact) mass is 456 g/mol. The summed E-state index contributed by atoms with van der Waals surface area (Å²) < 4.78 is 32.6. The lowest BCUT2D eigenvalue weighted by molar-refractivity contribution is 0.0954. The summed E-state index contributed by atoms with van der Waals surface area (Å²) in [6, 6.07) is 11.9. The van der Waals surface area contributed by atoms with Gasteiger partial charge in [-0.2, -0.15) is 4.31 Å². The molecule has 1 N–H and O–H groups in total. The van der Waals surface area contributed by atoms with E-state index in [1.165, 1.54) is 36.9 Å². The first kappa shape index (κ1) is 24.0. The molecule has 6 nitrogen and oxygen atoms in total. The number of hydrogen-bond donors (Lipinski definition) is 1. The molecule has 0 saturated heterocycles. The topological polar surface area (TPSA) is 75.7 Å². The van der Waals surface area contributed by atoms with Crippen molar-refractivity contribution in [2.75, 3.05) is 20.7 Å². The first-order chi connectivity index (χ1) is 15.3. The number of carbonyl (C=O) groups excluding carboxylic acids is 1.